The standard InChI is InChI=1S/C14H24N2O/c1-11(2)16(13(17)14(3,4)5)10-12-8-7-9-15(12)6/h7-9,11H,10H2,1-6H3. The molecule has 1 aromatic heterocycles. The lowest BCUT2D eigenvalue weighted by Gasteiger charge is -2.32. The van der Waals surface area contributed by atoms with Gasteiger partial charge in [-0.25, -0.2) is 0 Å². The molecule has 0 N–H and O–H groups in total. The summed E-state index contributed by atoms with van der Waals surface area (Å²) in [5.41, 5.74) is 0.839. The van der Waals surface area contributed by atoms with Gasteiger partial charge in [-0.1, -0.05) is 20.8 Å². The highest BCUT2D eigenvalue weighted by atomic mass is 16.2. The van der Waals surface area contributed by atoms with Gasteiger partial charge < -0.3 is 9.47 Å². The van der Waals surface area contributed by atoms with Gasteiger partial charge in [0.25, 0.3) is 0 Å². The van der Waals surface area contributed by atoms with E-state index in [1.807, 2.05) is 45.0 Å². The molecule has 1 heterocycles. The third-order valence-electron chi connectivity index (χ3n) is 2.91. The summed E-state index contributed by atoms with van der Waals surface area (Å²) in [4.78, 5) is 14.3. The van der Waals surface area contributed by atoms with Gasteiger partial charge in [0.05, 0.1) is 6.54 Å². The summed E-state index contributed by atoms with van der Waals surface area (Å²) in [6.45, 7) is 10.7. The molecular weight excluding hydrogens is 212 g/mol. The molecule has 0 saturated carbocycles. The Kier molecular flexibility index (Phi) is 4.02. The summed E-state index contributed by atoms with van der Waals surface area (Å²) in [6.07, 6.45) is 2.01. The molecular formula is C14H24N2O. The second-order valence-corrected chi connectivity index (χ2v) is 5.89. The summed E-state index contributed by atoms with van der Waals surface area (Å²) >= 11 is 0. The van der Waals surface area contributed by atoms with Crippen LogP contribution in [0.1, 0.15) is 40.3 Å². The van der Waals surface area contributed by atoms with Crippen LogP contribution in [-0.2, 0) is 18.4 Å². The monoisotopic (exact) mass is 236 g/mol. The van der Waals surface area contributed by atoms with Gasteiger partial charge in [0.2, 0.25) is 5.91 Å². The molecule has 96 valence electrons. The molecule has 0 fully saturated rings. The zero-order valence-corrected chi connectivity index (χ0v) is 11.8. The van der Waals surface area contributed by atoms with Gasteiger partial charge in [-0.15, -0.1) is 0 Å². The molecule has 0 aliphatic heterocycles. The van der Waals surface area contributed by atoms with Gasteiger partial charge in [0.1, 0.15) is 0 Å². The number of carbonyl (C=O) groups excluding carboxylic acids is 1. The second kappa shape index (κ2) is 4.94. The van der Waals surface area contributed by atoms with Crippen LogP contribution in [0.5, 0.6) is 0 Å². The minimum atomic E-state index is -0.324. The lowest BCUT2D eigenvalue weighted by atomic mass is 9.94. The summed E-state index contributed by atoms with van der Waals surface area (Å²) in [7, 11) is 2.01. The van der Waals surface area contributed by atoms with Gasteiger partial charge in [0.15, 0.2) is 0 Å². The van der Waals surface area contributed by atoms with Crippen molar-refractivity contribution in [3.05, 3.63) is 24.0 Å². The Hall–Kier alpha value is -1.25. The molecule has 0 spiro atoms. The number of nitrogens with zero attached hydrogens (tertiary/aromatic N) is 2. The fourth-order valence-electron chi connectivity index (χ4n) is 1.75. The van der Waals surface area contributed by atoms with Crippen molar-refractivity contribution in [1.29, 1.82) is 0 Å². The fourth-order valence-corrected chi connectivity index (χ4v) is 1.75. The van der Waals surface area contributed by atoms with E-state index in [9.17, 15) is 4.79 Å². The zero-order valence-electron chi connectivity index (χ0n) is 11.8. The van der Waals surface area contributed by atoms with Crippen LogP contribution < -0.4 is 0 Å². The fraction of sp³-hybridized carbons (Fsp3) is 0.643. The molecule has 0 saturated heterocycles. The number of hydrogen-bond donors (Lipinski definition) is 0. The maximum Gasteiger partial charge on any atom is 0.228 e. The molecule has 3 nitrogen and oxygen atoms in total. The Morgan fingerprint density at radius 2 is 2.00 bits per heavy atom. The Labute approximate surface area is 104 Å². The Bertz CT molecular complexity index is 385. The average Bonchev–Trinajstić information content (AvgIpc) is 2.57. The van der Waals surface area contributed by atoms with Crippen LogP contribution in [0.15, 0.2) is 18.3 Å². The molecule has 0 aliphatic rings. The predicted octanol–water partition coefficient (Wildman–Crippen LogP) is 2.81. The Morgan fingerprint density at radius 3 is 2.35 bits per heavy atom. The quantitative estimate of drug-likeness (QED) is 0.792. The highest BCUT2D eigenvalue weighted by molar-refractivity contribution is 5.81. The average molecular weight is 236 g/mol. The van der Waals surface area contributed by atoms with Crippen LogP contribution in [0.3, 0.4) is 0 Å². The van der Waals surface area contributed by atoms with E-state index in [-0.39, 0.29) is 17.4 Å². The molecule has 3 heteroatoms. The molecule has 1 amide bonds. The molecule has 0 atom stereocenters. The molecule has 1 aromatic rings. The van der Waals surface area contributed by atoms with E-state index in [1.165, 1.54) is 0 Å². The zero-order chi connectivity index (χ0) is 13.2. The van der Waals surface area contributed by atoms with Crippen molar-refractivity contribution >= 4 is 5.91 Å². The molecule has 17 heavy (non-hydrogen) atoms. The molecule has 0 aromatic carbocycles. The molecule has 0 bridgehead atoms. The van der Waals surface area contributed by atoms with E-state index < -0.39 is 0 Å². The number of aryl methyl sites for hydroxylation is 1. The maximum absolute atomic E-state index is 12.4. The number of rotatable bonds is 3. The molecule has 0 radical (unpaired) electrons. The minimum absolute atomic E-state index is 0.203. The van der Waals surface area contributed by atoms with Crippen LogP contribution >= 0.6 is 0 Å². The largest absolute Gasteiger partial charge is 0.353 e. The summed E-state index contributed by atoms with van der Waals surface area (Å²) < 4.78 is 2.06. The van der Waals surface area contributed by atoms with Crippen LogP contribution in [0.25, 0.3) is 0 Å². The van der Waals surface area contributed by atoms with Crippen molar-refractivity contribution in [1.82, 2.24) is 9.47 Å². The highest BCUT2D eigenvalue weighted by Gasteiger charge is 2.29. The Balaban J connectivity index is 2.89. The van der Waals surface area contributed by atoms with Crippen LogP contribution in [0.2, 0.25) is 0 Å². The molecule has 1 rings (SSSR count). The second-order valence-electron chi connectivity index (χ2n) is 5.89. The van der Waals surface area contributed by atoms with Crippen LogP contribution in [0, 0.1) is 5.41 Å². The Morgan fingerprint density at radius 1 is 1.41 bits per heavy atom. The number of amides is 1. The van der Waals surface area contributed by atoms with E-state index in [0.29, 0.717) is 6.54 Å². The summed E-state index contributed by atoms with van der Waals surface area (Å²) in [5, 5.41) is 0. The first-order valence-corrected chi connectivity index (χ1v) is 6.14. The topological polar surface area (TPSA) is 25.2 Å². The number of carbonyl (C=O) groups is 1. The van der Waals surface area contributed by atoms with E-state index in [2.05, 4.69) is 24.5 Å². The van der Waals surface area contributed by atoms with E-state index in [0.717, 1.165) is 5.69 Å². The lowest BCUT2D eigenvalue weighted by Crippen LogP contribution is -2.43. The van der Waals surface area contributed by atoms with Crippen molar-refractivity contribution in [2.75, 3.05) is 0 Å². The third kappa shape index (κ3) is 3.35. The maximum atomic E-state index is 12.4. The van der Waals surface area contributed by atoms with Gasteiger partial charge in [0, 0.05) is 30.4 Å². The minimum Gasteiger partial charge on any atom is -0.353 e. The normalized spacial score (nSPS) is 11.9. The van der Waals surface area contributed by atoms with E-state index in [1.54, 1.807) is 0 Å². The van der Waals surface area contributed by atoms with Crippen molar-refractivity contribution < 1.29 is 4.79 Å². The van der Waals surface area contributed by atoms with Crippen LogP contribution in [0.4, 0.5) is 0 Å². The lowest BCUT2D eigenvalue weighted by molar-refractivity contribution is -0.142. The first-order valence-electron chi connectivity index (χ1n) is 6.14. The molecule has 0 unspecified atom stereocenters. The predicted molar refractivity (Wildman–Crippen MR) is 70.6 cm³/mol. The number of aromatic nitrogens is 1. The van der Waals surface area contributed by atoms with Crippen LogP contribution in [-0.4, -0.2) is 21.4 Å². The van der Waals surface area contributed by atoms with Gasteiger partial charge >= 0.3 is 0 Å². The first-order chi connectivity index (χ1) is 7.73. The van der Waals surface area contributed by atoms with Gasteiger partial charge in [-0.2, -0.15) is 0 Å². The smallest absolute Gasteiger partial charge is 0.228 e. The third-order valence-corrected chi connectivity index (χ3v) is 2.91. The molecule has 0 aliphatic carbocycles. The SMILES string of the molecule is CC(C)N(Cc1cccn1C)C(=O)C(C)(C)C. The highest BCUT2D eigenvalue weighted by Crippen LogP contribution is 2.21. The first kappa shape index (κ1) is 13.8. The van der Waals surface area contributed by atoms with Crippen molar-refractivity contribution in [2.24, 2.45) is 12.5 Å². The van der Waals surface area contributed by atoms with Crippen molar-refractivity contribution in [2.45, 2.75) is 47.2 Å². The van der Waals surface area contributed by atoms with E-state index >= 15 is 0 Å². The van der Waals surface area contributed by atoms with Gasteiger partial charge in [-0.3, -0.25) is 4.79 Å². The van der Waals surface area contributed by atoms with Gasteiger partial charge in [-0.05, 0) is 26.0 Å². The summed E-state index contributed by atoms with van der Waals surface area (Å²) in [6, 6.07) is 4.29. The van der Waals surface area contributed by atoms with Crippen molar-refractivity contribution in [3.8, 4) is 0 Å². The summed E-state index contributed by atoms with van der Waals surface area (Å²) in [5.74, 6) is 0.203. The van der Waals surface area contributed by atoms with Crippen molar-refractivity contribution in [3.63, 3.8) is 0 Å². The number of hydrogen-bond acceptors (Lipinski definition) is 1. The van der Waals surface area contributed by atoms with E-state index in [4.69, 9.17) is 0 Å².